The van der Waals surface area contributed by atoms with Crippen molar-refractivity contribution in [3.8, 4) is 0 Å². The van der Waals surface area contributed by atoms with Crippen LogP contribution in [0.15, 0.2) is 0 Å². The lowest BCUT2D eigenvalue weighted by molar-refractivity contribution is -0.527. The van der Waals surface area contributed by atoms with E-state index in [1.165, 1.54) is 0 Å². The number of hydrogen-bond donors (Lipinski definition) is 1. The SMILES string of the molecule is NC(=O)C1CCCC([N+](=O)[O-])C1. The van der Waals surface area contributed by atoms with Gasteiger partial charge in [-0.1, -0.05) is 0 Å². The summed E-state index contributed by atoms with van der Waals surface area (Å²) in [6, 6.07) is -0.559. The molecule has 12 heavy (non-hydrogen) atoms. The first-order valence-electron chi connectivity index (χ1n) is 4.04. The van der Waals surface area contributed by atoms with Crippen molar-refractivity contribution in [2.24, 2.45) is 11.7 Å². The van der Waals surface area contributed by atoms with E-state index in [0.29, 0.717) is 19.3 Å². The molecular formula is C7H12N2O3. The Morgan fingerprint density at radius 3 is 2.67 bits per heavy atom. The second kappa shape index (κ2) is 3.51. The second-order valence-electron chi connectivity index (χ2n) is 3.21. The smallest absolute Gasteiger partial charge is 0.220 e. The molecule has 1 fully saturated rings. The molecule has 68 valence electrons. The van der Waals surface area contributed by atoms with Crippen LogP contribution in [0.5, 0.6) is 0 Å². The van der Waals surface area contributed by atoms with E-state index in [2.05, 4.69) is 0 Å². The number of nitro groups is 1. The number of nitrogens with two attached hydrogens (primary N) is 1. The molecule has 5 nitrogen and oxygen atoms in total. The van der Waals surface area contributed by atoms with E-state index in [1.54, 1.807) is 0 Å². The Bertz CT molecular complexity index is 185. The Morgan fingerprint density at radius 2 is 2.17 bits per heavy atom. The molecule has 2 unspecified atom stereocenters. The van der Waals surface area contributed by atoms with Crippen molar-refractivity contribution < 1.29 is 9.72 Å². The van der Waals surface area contributed by atoms with Gasteiger partial charge in [0.25, 0.3) is 0 Å². The average molecular weight is 172 g/mol. The minimum Gasteiger partial charge on any atom is -0.369 e. The molecule has 0 radical (unpaired) electrons. The highest BCUT2D eigenvalue weighted by Crippen LogP contribution is 2.25. The zero-order valence-electron chi connectivity index (χ0n) is 6.73. The number of nitrogens with zero attached hydrogens (tertiary/aromatic N) is 1. The molecule has 2 N–H and O–H groups in total. The van der Waals surface area contributed by atoms with E-state index in [0.717, 1.165) is 6.42 Å². The number of amides is 1. The van der Waals surface area contributed by atoms with Gasteiger partial charge in [-0.15, -0.1) is 0 Å². The molecule has 1 aliphatic carbocycles. The summed E-state index contributed by atoms with van der Waals surface area (Å²) in [5, 5.41) is 10.4. The molecule has 0 aromatic heterocycles. The number of primary amides is 1. The molecule has 0 heterocycles. The van der Waals surface area contributed by atoms with Crippen LogP contribution in [0.1, 0.15) is 25.7 Å². The summed E-state index contributed by atoms with van der Waals surface area (Å²) < 4.78 is 0. The van der Waals surface area contributed by atoms with E-state index in [4.69, 9.17) is 5.73 Å². The van der Waals surface area contributed by atoms with Gasteiger partial charge in [0, 0.05) is 23.7 Å². The second-order valence-corrected chi connectivity index (χ2v) is 3.21. The van der Waals surface area contributed by atoms with Crippen molar-refractivity contribution >= 4 is 5.91 Å². The third kappa shape index (κ3) is 1.93. The van der Waals surface area contributed by atoms with Gasteiger partial charge in [0.2, 0.25) is 11.9 Å². The molecule has 0 bridgehead atoms. The fourth-order valence-electron chi connectivity index (χ4n) is 1.61. The van der Waals surface area contributed by atoms with Gasteiger partial charge in [-0.05, 0) is 12.8 Å². The van der Waals surface area contributed by atoms with Crippen LogP contribution < -0.4 is 5.73 Å². The summed E-state index contributed by atoms with van der Waals surface area (Å²) in [7, 11) is 0. The molecule has 1 saturated carbocycles. The van der Waals surface area contributed by atoms with Crippen LogP contribution in [-0.4, -0.2) is 16.9 Å². The van der Waals surface area contributed by atoms with Crippen molar-refractivity contribution in [3.05, 3.63) is 10.1 Å². The molecule has 0 aliphatic heterocycles. The zero-order valence-corrected chi connectivity index (χ0v) is 6.73. The number of carbonyl (C=O) groups excluding carboxylic acids is 1. The van der Waals surface area contributed by atoms with Crippen molar-refractivity contribution in [2.75, 3.05) is 0 Å². The Kier molecular flexibility index (Phi) is 2.62. The minimum atomic E-state index is -0.559. The standard InChI is InChI=1S/C7H12N2O3/c8-7(10)5-2-1-3-6(4-5)9(11)12/h5-6H,1-4H2,(H2,8,10). The molecule has 0 aromatic carbocycles. The highest BCUT2D eigenvalue weighted by molar-refractivity contribution is 5.76. The zero-order chi connectivity index (χ0) is 9.14. The Labute approximate surface area is 70.1 Å². The Hall–Kier alpha value is -1.13. The molecular weight excluding hydrogens is 160 g/mol. The van der Waals surface area contributed by atoms with E-state index in [1.807, 2.05) is 0 Å². The van der Waals surface area contributed by atoms with Crippen LogP contribution in [0.2, 0.25) is 0 Å². The number of rotatable bonds is 2. The van der Waals surface area contributed by atoms with Gasteiger partial charge in [0.15, 0.2) is 0 Å². The molecule has 0 spiro atoms. The van der Waals surface area contributed by atoms with Crippen LogP contribution in [-0.2, 0) is 4.79 Å². The summed E-state index contributed by atoms with van der Waals surface area (Å²) in [6.45, 7) is 0. The van der Waals surface area contributed by atoms with Crippen molar-refractivity contribution in [2.45, 2.75) is 31.7 Å². The minimum absolute atomic E-state index is 0.283. The average Bonchev–Trinajstić information content (AvgIpc) is 2.04. The predicted molar refractivity (Wildman–Crippen MR) is 41.9 cm³/mol. The molecule has 2 atom stereocenters. The summed E-state index contributed by atoms with van der Waals surface area (Å²) in [5.74, 6) is -0.685. The number of hydrogen-bond acceptors (Lipinski definition) is 3. The van der Waals surface area contributed by atoms with Crippen molar-refractivity contribution in [1.29, 1.82) is 0 Å². The van der Waals surface area contributed by atoms with Crippen LogP contribution >= 0.6 is 0 Å². The predicted octanol–water partition coefficient (Wildman–Crippen LogP) is 0.307. The Balaban J connectivity index is 2.51. The van der Waals surface area contributed by atoms with E-state index in [9.17, 15) is 14.9 Å². The van der Waals surface area contributed by atoms with Gasteiger partial charge in [0.1, 0.15) is 0 Å². The quantitative estimate of drug-likeness (QED) is 0.480. The van der Waals surface area contributed by atoms with Gasteiger partial charge < -0.3 is 5.73 Å². The first-order chi connectivity index (χ1) is 5.61. The molecule has 5 heteroatoms. The highest BCUT2D eigenvalue weighted by Gasteiger charge is 2.32. The first-order valence-corrected chi connectivity index (χ1v) is 4.04. The van der Waals surface area contributed by atoms with Gasteiger partial charge in [-0.25, -0.2) is 0 Å². The highest BCUT2D eigenvalue weighted by atomic mass is 16.6. The molecule has 0 aromatic rings. The Morgan fingerprint density at radius 1 is 1.50 bits per heavy atom. The summed E-state index contributed by atoms with van der Waals surface area (Å²) in [4.78, 5) is 20.8. The lowest BCUT2D eigenvalue weighted by Gasteiger charge is -2.21. The topological polar surface area (TPSA) is 86.2 Å². The molecule has 1 aliphatic rings. The third-order valence-corrected chi connectivity index (χ3v) is 2.35. The van der Waals surface area contributed by atoms with Crippen LogP contribution in [0.3, 0.4) is 0 Å². The van der Waals surface area contributed by atoms with Crippen LogP contribution in [0, 0.1) is 16.0 Å². The maximum Gasteiger partial charge on any atom is 0.220 e. The summed E-state index contributed by atoms with van der Waals surface area (Å²) in [6.07, 6.45) is 2.35. The van der Waals surface area contributed by atoms with E-state index in [-0.39, 0.29) is 10.8 Å². The maximum absolute atomic E-state index is 10.7. The van der Waals surface area contributed by atoms with Gasteiger partial charge in [0.05, 0.1) is 0 Å². The van der Waals surface area contributed by atoms with Crippen LogP contribution in [0.4, 0.5) is 0 Å². The van der Waals surface area contributed by atoms with Gasteiger partial charge in [-0.2, -0.15) is 0 Å². The monoisotopic (exact) mass is 172 g/mol. The lowest BCUT2D eigenvalue weighted by atomic mass is 9.86. The van der Waals surface area contributed by atoms with E-state index >= 15 is 0 Å². The first kappa shape index (κ1) is 8.96. The van der Waals surface area contributed by atoms with Crippen LogP contribution in [0.25, 0.3) is 0 Å². The van der Waals surface area contributed by atoms with Crippen molar-refractivity contribution in [1.82, 2.24) is 0 Å². The lowest BCUT2D eigenvalue weighted by Crippen LogP contribution is -2.34. The summed E-state index contributed by atoms with van der Waals surface area (Å²) in [5.41, 5.74) is 5.07. The molecule has 0 saturated heterocycles. The normalized spacial score (nSPS) is 29.7. The molecule has 1 rings (SSSR count). The van der Waals surface area contributed by atoms with E-state index < -0.39 is 11.9 Å². The fourth-order valence-corrected chi connectivity index (χ4v) is 1.61. The summed E-state index contributed by atoms with van der Waals surface area (Å²) >= 11 is 0. The fraction of sp³-hybridized carbons (Fsp3) is 0.857. The van der Waals surface area contributed by atoms with Gasteiger partial charge >= 0.3 is 0 Å². The van der Waals surface area contributed by atoms with Crippen molar-refractivity contribution in [3.63, 3.8) is 0 Å². The third-order valence-electron chi connectivity index (χ3n) is 2.35. The molecule has 1 amide bonds. The number of carbonyl (C=O) groups is 1. The van der Waals surface area contributed by atoms with Gasteiger partial charge in [-0.3, -0.25) is 14.9 Å². The maximum atomic E-state index is 10.7. The largest absolute Gasteiger partial charge is 0.369 e.